The maximum atomic E-state index is 12.5. The van der Waals surface area contributed by atoms with Gasteiger partial charge in [-0.1, -0.05) is 29.5 Å². The largest absolute Gasteiger partial charge is 0.497 e. The van der Waals surface area contributed by atoms with E-state index in [9.17, 15) is 4.79 Å². The number of nitrogens with zero attached hydrogens (tertiary/aromatic N) is 5. The molecule has 9 heteroatoms. The van der Waals surface area contributed by atoms with Gasteiger partial charge in [0.15, 0.2) is 0 Å². The van der Waals surface area contributed by atoms with Crippen LogP contribution in [0.2, 0.25) is 0 Å². The topological polar surface area (TPSA) is 85.2 Å². The number of aryl methyl sites for hydroxylation is 1. The number of anilines is 1. The fourth-order valence-corrected chi connectivity index (χ4v) is 4.36. The summed E-state index contributed by atoms with van der Waals surface area (Å²) >= 11 is 1.30. The maximum absolute atomic E-state index is 12.5. The molecule has 0 radical (unpaired) electrons. The molecule has 0 aliphatic heterocycles. The van der Waals surface area contributed by atoms with Gasteiger partial charge in [-0.05, 0) is 57.3 Å². The molecule has 0 bridgehead atoms. The van der Waals surface area contributed by atoms with E-state index in [2.05, 4.69) is 27.3 Å². The number of carbonyl (C=O) groups is 1. The molecule has 0 atom stereocenters. The van der Waals surface area contributed by atoms with Crippen LogP contribution >= 0.6 is 11.3 Å². The molecule has 4 aromatic rings. The third-order valence-electron chi connectivity index (χ3n) is 5.28. The molecule has 33 heavy (non-hydrogen) atoms. The van der Waals surface area contributed by atoms with Gasteiger partial charge in [0.2, 0.25) is 5.01 Å². The Kier molecular flexibility index (Phi) is 6.81. The number of methoxy groups -OCH3 is 1. The lowest BCUT2D eigenvalue weighted by Gasteiger charge is -2.15. The average molecular weight is 463 g/mol. The van der Waals surface area contributed by atoms with E-state index in [1.54, 1.807) is 31.4 Å². The van der Waals surface area contributed by atoms with Gasteiger partial charge in [0.05, 0.1) is 25.0 Å². The zero-order chi connectivity index (χ0) is 23.4. The Balaban J connectivity index is 1.39. The molecule has 4 rings (SSSR count). The van der Waals surface area contributed by atoms with Crippen LogP contribution in [0.15, 0.2) is 54.6 Å². The van der Waals surface area contributed by atoms with E-state index >= 15 is 0 Å². The molecule has 0 aliphatic carbocycles. The third-order valence-corrected chi connectivity index (χ3v) is 6.19. The van der Waals surface area contributed by atoms with Crippen LogP contribution in [0.3, 0.4) is 0 Å². The summed E-state index contributed by atoms with van der Waals surface area (Å²) in [6, 6.07) is 17.3. The smallest absolute Gasteiger partial charge is 0.286 e. The molecule has 170 valence electrons. The van der Waals surface area contributed by atoms with Crippen molar-refractivity contribution in [1.29, 1.82) is 0 Å². The summed E-state index contributed by atoms with van der Waals surface area (Å²) in [5.41, 5.74) is 5.02. The Hall–Kier alpha value is -3.56. The first kappa shape index (κ1) is 22.6. The number of aromatic nitrogens is 4. The van der Waals surface area contributed by atoms with Gasteiger partial charge in [-0.25, -0.2) is 4.68 Å². The number of hydrogen-bond acceptors (Lipinski definition) is 7. The van der Waals surface area contributed by atoms with Gasteiger partial charge in [-0.3, -0.25) is 9.69 Å². The van der Waals surface area contributed by atoms with Crippen molar-refractivity contribution in [3.05, 3.63) is 81.6 Å². The zero-order valence-electron chi connectivity index (χ0n) is 19.1. The van der Waals surface area contributed by atoms with Crippen LogP contribution < -0.4 is 10.1 Å². The highest BCUT2D eigenvalue weighted by Crippen LogP contribution is 2.21. The highest BCUT2D eigenvalue weighted by atomic mass is 32.1. The number of hydrogen-bond donors (Lipinski definition) is 1. The highest BCUT2D eigenvalue weighted by molar-refractivity contribution is 7.13. The molecule has 0 fully saturated rings. The molecule has 2 aromatic carbocycles. The Morgan fingerprint density at radius 2 is 1.79 bits per heavy atom. The number of ether oxygens (including phenoxy) is 1. The summed E-state index contributed by atoms with van der Waals surface area (Å²) in [6.07, 6.45) is 0. The fourth-order valence-electron chi connectivity index (χ4n) is 3.55. The summed E-state index contributed by atoms with van der Waals surface area (Å²) < 4.78 is 7.11. The van der Waals surface area contributed by atoms with E-state index < -0.39 is 0 Å². The lowest BCUT2D eigenvalue weighted by Crippen LogP contribution is -2.18. The maximum Gasteiger partial charge on any atom is 0.286 e. The minimum Gasteiger partial charge on any atom is -0.497 e. The van der Waals surface area contributed by atoms with E-state index in [4.69, 9.17) is 9.84 Å². The first-order valence-corrected chi connectivity index (χ1v) is 11.3. The predicted molar refractivity (Wildman–Crippen MR) is 129 cm³/mol. The summed E-state index contributed by atoms with van der Waals surface area (Å²) in [4.78, 5) is 14.7. The molecule has 0 unspecified atom stereocenters. The molecule has 0 saturated carbocycles. The van der Waals surface area contributed by atoms with Crippen molar-refractivity contribution >= 4 is 22.9 Å². The van der Waals surface area contributed by atoms with Gasteiger partial charge < -0.3 is 10.1 Å². The minimum absolute atomic E-state index is 0.276. The lowest BCUT2D eigenvalue weighted by molar-refractivity contribution is 0.102. The summed E-state index contributed by atoms with van der Waals surface area (Å²) in [7, 11) is 3.63. The second kappa shape index (κ2) is 9.93. The third kappa shape index (κ3) is 5.27. The van der Waals surface area contributed by atoms with Crippen LogP contribution in [0.1, 0.15) is 31.8 Å². The van der Waals surface area contributed by atoms with E-state index in [0.717, 1.165) is 34.4 Å². The van der Waals surface area contributed by atoms with Crippen molar-refractivity contribution in [1.82, 2.24) is 24.9 Å². The molecule has 2 aromatic heterocycles. The van der Waals surface area contributed by atoms with E-state index in [-0.39, 0.29) is 5.91 Å². The monoisotopic (exact) mass is 462 g/mol. The van der Waals surface area contributed by atoms with E-state index in [1.807, 2.05) is 49.0 Å². The van der Waals surface area contributed by atoms with Gasteiger partial charge in [-0.15, -0.1) is 10.2 Å². The molecular weight excluding hydrogens is 436 g/mol. The molecule has 2 heterocycles. The van der Waals surface area contributed by atoms with Gasteiger partial charge >= 0.3 is 0 Å². The number of carbonyl (C=O) groups excluding carboxylic acids is 1. The van der Waals surface area contributed by atoms with Crippen LogP contribution in [0.4, 0.5) is 5.69 Å². The second-order valence-corrected chi connectivity index (χ2v) is 8.81. The summed E-state index contributed by atoms with van der Waals surface area (Å²) in [5, 5.41) is 17.0. The van der Waals surface area contributed by atoms with Gasteiger partial charge in [0.1, 0.15) is 10.8 Å². The second-order valence-electron chi connectivity index (χ2n) is 7.75. The molecule has 0 aliphatic rings. The van der Waals surface area contributed by atoms with Gasteiger partial charge in [-0.2, -0.15) is 5.10 Å². The van der Waals surface area contributed by atoms with Gasteiger partial charge in [0.25, 0.3) is 5.91 Å². The zero-order valence-corrected chi connectivity index (χ0v) is 19.9. The van der Waals surface area contributed by atoms with Crippen molar-refractivity contribution in [2.24, 2.45) is 0 Å². The number of nitrogens with one attached hydrogen (secondary N) is 1. The Morgan fingerprint density at radius 3 is 2.48 bits per heavy atom. The standard InChI is InChI=1S/C24H26N6O2S/c1-16-21(17(2)30(28-16)19-8-6-5-7-9-19)14-29(3)15-22-26-27-24(33-22)23(31)25-18-10-12-20(32-4)13-11-18/h5-13H,14-15H2,1-4H3,(H,25,31). The number of para-hydroxylation sites is 1. The molecule has 1 amide bonds. The lowest BCUT2D eigenvalue weighted by atomic mass is 10.2. The van der Waals surface area contributed by atoms with Crippen molar-refractivity contribution < 1.29 is 9.53 Å². The van der Waals surface area contributed by atoms with Gasteiger partial charge in [0, 0.05) is 23.5 Å². The summed E-state index contributed by atoms with van der Waals surface area (Å²) in [5.74, 6) is 0.455. The molecule has 0 spiro atoms. The van der Waals surface area contributed by atoms with Crippen LogP contribution in [0, 0.1) is 13.8 Å². The Labute approximate surface area is 196 Å². The Bertz CT molecular complexity index is 1230. The highest BCUT2D eigenvalue weighted by Gasteiger charge is 2.17. The number of rotatable bonds is 8. The van der Waals surface area contributed by atoms with Crippen molar-refractivity contribution in [3.63, 3.8) is 0 Å². The van der Waals surface area contributed by atoms with Crippen molar-refractivity contribution in [2.75, 3.05) is 19.5 Å². The van der Waals surface area contributed by atoms with Crippen LogP contribution in [0.25, 0.3) is 5.69 Å². The molecule has 1 N–H and O–H groups in total. The van der Waals surface area contributed by atoms with Crippen LogP contribution in [-0.4, -0.2) is 44.9 Å². The average Bonchev–Trinajstić information content (AvgIpc) is 3.40. The Morgan fingerprint density at radius 1 is 1.06 bits per heavy atom. The number of benzene rings is 2. The van der Waals surface area contributed by atoms with Crippen molar-refractivity contribution in [3.8, 4) is 11.4 Å². The van der Waals surface area contributed by atoms with Crippen LogP contribution in [-0.2, 0) is 13.1 Å². The molecule has 0 saturated heterocycles. The minimum atomic E-state index is -0.276. The summed E-state index contributed by atoms with van der Waals surface area (Å²) in [6.45, 7) is 5.42. The SMILES string of the molecule is COc1ccc(NC(=O)c2nnc(CN(C)Cc3c(C)nn(-c4ccccc4)c3C)s2)cc1. The van der Waals surface area contributed by atoms with Crippen molar-refractivity contribution in [2.45, 2.75) is 26.9 Å². The molecular formula is C24H26N6O2S. The van der Waals surface area contributed by atoms with E-state index in [1.165, 1.54) is 16.9 Å². The number of amides is 1. The first-order valence-electron chi connectivity index (χ1n) is 10.5. The first-order chi connectivity index (χ1) is 15.9. The predicted octanol–water partition coefficient (Wildman–Crippen LogP) is 4.23. The van der Waals surface area contributed by atoms with Crippen LogP contribution in [0.5, 0.6) is 5.75 Å². The quantitative estimate of drug-likeness (QED) is 0.422. The fraction of sp³-hybridized carbons (Fsp3) is 0.250. The normalized spacial score (nSPS) is 11.1. The molecule has 8 nitrogen and oxygen atoms in total. The van der Waals surface area contributed by atoms with E-state index in [0.29, 0.717) is 17.2 Å².